The Bertz CT molecular complexity index is 554. The lowest BCUT2D eigenvalue weighted by atomic mass is 10.2. The van der Waals surface area contributed by atoms with Crippen molar-refractivity contribution in [3.8, 4) is 5.75 Å². The third kappa shape index (κ3) is 7.20. The lowest BCUT2D eigenvalue weighted by Gasteiger charge is -2.14. The average Bonchev–Trinajstić information content (AvgIpc) is 2.47. The highest BCUT2D eigenvalue weighted by atomic mass is 79.9. The number of hydrogen-bond acceptors (Lipinski definition) is 5. The summed E-state index contributed by atoms with van der Waals surface area (Å²) < 4.78 is 6.37. The predicted octanol–water partition coefficient (Wildman–Crippen LogP) is 2.09. The largest absolute Gasteiger partial charge is 0.490 e. The number of carboxylic acid groups (broad SMARTS) is 1. The van der Waals surface area contributed by atoms with Gasteiger partial charge < -0.3 is 20.6 Å². The van der Waals surface area contributed by atoms with E-state index >= 15 is 0 Å². The van der Waals surface area contributed by atoms with Crippen LogP contribution >= 0.6 is 15.9 Å². The molecule has 128 valence electrons. The molecular formula is C14H21BrN4O4. The molecule has 0 radical (unpaired) electrons. The summed E-state index contributed by atoms with van der Waals surface area (Å²) in [5.41, 5.74) is 8.35. The van der Waals surface area contributed by atoms with Crippen molar-refractivity contribution in [1.29, 1.82) is 0 Å². The third-order valence-electron chi connectivity index (χ3n) is 2.67. The fourth-order valence-electron chi connectivity index (χ4n) is 1.47. The highest BCUT2D eigenvalue weighted by Gasteiger charge is 2.11. The van der Waals surface area contributed by atoms with Crippen molar-refractivity contribution in [2.45, 2.75) is 26.9 Å². The number of hydrogen-bond donors (Lipinski definition) is 5. The van der Waals surface area contributed by atoms with Crippen LogP contribution < -0.4 is 26.4 Å². The first kappa shape index (κ1) is 19.0. The van der Waals surface area contributed by atoms with Crippen molar-refractivity contribution in [2.24, 2.45) is 5.92 Å². The molecule has 1 atom stereocenters. The lowest BCUT2D eigenvalue weighted by Crippen LogP contribution is -2.48. The number of hydrazine groups is 2. The Hall–Kier alpha value is -2.00. The number of carbonyl (C=O) groups is 2. The first-order chi connectivity index (χ1) is 10.8. The molecule has 23 heavy (non-hydrogen) atoms. The molecule has 0 aliphatic heterocycles. The molecule has 0 bridgehead atoms. The Morgan fingerprint density at radius 2 is 2.00 bits per heavy atom. The zero-order valence-electron chi connectivity index (χ0n) is 13.1. The molecule has 2 amide bonds. The van der Waals surface area contributed by atoms with Gasteiger partial charge in [0.2, 0.25) is 0 Å². The molecule has 0 heterocycles. The monoisotopic (exact) mass is 388 g/mol. The fourth-order valence-corrected chi connectivity index (χ4v) is 1.94. The number of nitrogens with one attached hydrogen (secondary N) is 4. The van der Waals surface area contributed by atoms with Crippen LogP contribution in [0.5, 0.6) is 5.75 Å². The minimum atomic E-state index is -0.968. The summed E-state index contributed by atoms with van der Waals surface area (Å²) in [6.07, 6.45) is 0.0711. The zero-order valence-corrected chi connectivity index (χ0v) is 14.7. The van der Waals surface area contributed by atoms with E-state index in [0.29, 0.717) is 5.69 Å². The Balaban J connectivity index is 2.36. The molecule has 0 aromatic heterocycles. The van der Waals surface area contributed by atoms with Crippen molar-refractivity contribution >= 4 is 33.6 Å². The van der Waals surface area contributed by atoms with Crippen LogP contribution in [-0.4, -0.2) is 29.8 Å². The summed E-state index contributed by atoms with van der Waals surface area (Å²) in [6.45, 7) is 5.42. The highest BCUT2D eigenvalue weighted by Crippen LogP contribution is 2.28. The van der Waals surface area contributed by atoms with Gasteiger partial charge in [-0.3, -0.25) is 10.2 Å². The minimum absolute atomic E-state index is 0.0373. The molecule has 0 aliphatic rings. The van der Waals surface area contributed by atoms with Gasteiger partial charge in [0.1, 0.15) is 5.75 Å². The van der Waals surface area contributed by atoms with E-state index in [1.807, 2.05) is 13.8 Å². The minimum Gasteiger partial charge on any atom is -0.490 e. The zero-order chi connectivity index (χ0) is 17.4. The van der Waals surface area contributed by atoms with E-state index in [4.69, 9.17) is 9.84 Å². The van der Waals surface area contributed by atoms with Crippen LogP contribution in [0.2, 0.25) is 0 Å². The van der Waals surface area contributed by atoms with Crippen molar-refractivity contribution in [3.63, 3.8) is 0 Å². The van der Waals surface area contributed by atoms with E-state index < -0.39 is 17.9 Å². The van der Waals surface area contributed by atoms with Gasteiger partial charge in [0.05, 0.1) is 22.2 Å². The van der Waals surface area contributed by atoms with Crippen LogP contribution in [0.4, 0.5) is 10.5 Å². The van der Waals surface area contributed by atoms with Crippen LogP contribution in [0.15, 0.2) is 22.7 Å². The van der Waals surface area contributed by atoms with Crippen LogP contribution in [0, 0.1) is 5.92 Å². The van der Waals surface area contributed by atoms with Gasteiger partial charge in [-0.15, -0.1) is 5.53 Å². The molecule has 1 rings (SSSR count). The van der Waals surface area contributed by atoms with Gasteiger partial charge in [-0.05, 0) is 48.0 Å². The number of carboxylic acids is 1. The molecule has 0 saturated heterocycles. The third-order valence-corrected chi connectivity index (χ3v) is 3.29. The number of aliphatic carboxylic acids is 1. The fraction of sp³-hybridized carbons (Fsp3) is 0.429. The van der Waals surface area contributed by atoms with Crippen molar-refractivity contribution in [3.05, 3.63) is 22.7 Å². The summed E-state index contributed by atoms with van der Waals surface area (Å²) in [5.74, 6) is -0.901. The number of ether oxygens (including phenoxy) is 1. The first-order valence-corrected chi connectivity index (χ1v) is 7.82. The number of urea groups is 1. The maximum atomic E-state index is 11.5. The molecule has 0 aliphatic carbocycles. The van der Waals surface area contributed by atoms with E-state index in [1.165, 1.54) is 6.92 Å². The van der Waals surface area contributed by atoms with Crippen LogP contribution in [0.25, 0.3) is 0 Å². The van der Waals surface area contributed by atoms with E-state index in [-0.39, 0.29) is 12.6 Å². The summed E-state index contributed by atoms with van der Waals surface area (Å²) in [6, 6.07) is 4.82. The molecule has 5 N–H and O–H groups in total. The van der Waals surface area contributed by atoms with Gasteiger partial charge in [0, 0.05) is 6.54 Å². The smallest absolute Gasteiger partial charge is 0.330 e. The normalized spacial score (nSPS) is 11.7. The molecule has 1 unspecified atom stereocenters. The van der Waals surface area contributed by atoms with Gasteiger partial charge >= 0.3 is 12.0 Å². The maximum absolute atomic E-state index is 11.5. The Morgan fingerprint density at radius 3 is 2.57 bits per heavy atom. The quantitative estimate of drug-likeness (QED) is 0.436. The number of anilines is 1. The molecule has 9 heteroatoms. The second-order valence-corrected chi connectivity index (χ2v) is 5.99. The number of rotatable bonds is 8. The van der Waals surface area contributed by atoms with Gasteiger partial charge in [-0.25, -0.2) is 4.79 Å². The lowest BCUT2D eigenvalue weighted by molar-refractivity contribution is -0.140. The Labute approximate surface area is 143 Å². The summed E-state index contributed by atoms with van der Waals surface area (Å²) >= 11 is 3.40. The Kier molecular flexibility index (Phi) is 7.63. The molecule has 1 aromatic carbocycles. The highest BCUT2D eigenvalue weighted by molar-refractivity contribution is 9.10. The maximum Gasteiger partial charge on any atom is 0.330 e. The van der Waals surface area contributed by atoms with Gasteiger partial charge in [0.15, 0.2) is 0 Å². The summed E-state index contributed by atoms with van der Waals surface area (Å²) in [7, 11) is 0. The van der Waals surface area contributed by atoms with E-state index in [0.717, 1.165) is 10.2 Å². The molecule has 8 nitrogen and oxygen atoms in total. The number of benzene rings is 1. The standard InChI is InChI=1S/C14H21BrN4O4/c1-8(2)23-12-5-4-10(6-11(12)15)17-19-18-14(22)16-7-9(3)13(20)21/h4-6,8-9,17,19H,7H2,1-3H3,(H,20,21)(H2,16,18,22). The SMILES string of the molecule is CC(C)Oc1ccc(NNNC(=O)NCC(C)C(=O)O)cc1Br. The molecular weight excluding hydrogens is 368 g/mol. The van der Waals surface area contributed by atoms with Crippen molar-refractivity contribution in [1.82, 2.24) is 16.3 Å². The second-order valence-electron chi connectivity index (χ2n) is 5.14. The number of amides is 2. The predicted molar refractivity (Wildman–Crippen MR) is 90.0 cm³/mol. The number of halogens is 1. The van der Waals surface area contributed by atoms with Crippen molar-refractivity contribution in [2.75, 3.05) is 12.0 Å². The topological polar surface area (TPSA) is 112 Å². The number of carbonyl (C=O) groups excluding carboxylic acids is 1. The van der Waals surface area contributed by atoms with Crippen LogP contribution in [0.1, 0.15) is 20.8 Å². The molecule has 0 fully saturated rings. The van der Waals surface area contributed by atoms with Gasteiger partial charge in [-0.1, -0.05) is 6.92 Å². The van der Waals surface area contributed by atoms with Gasteiger partial charge in [-0.2, -0.15) is 0 Å². The van der Waals surface area contributed by atoms with E-state index in [9.17, 15) is 9.59 Å². The van der Waals surface area contributed by atoms with E-state index in [1.54, 1.807) is 18.2 Å². The van der Waals surface area contributed by atoms with Crippen LogP contribution in [0.3, 0.4) is 0 Å². The van der Waals surface area contributed by atoms with E-state index in [2.05, 4.69) is 37.6 Å². The summed E-state index contributed by atoms with van der Waals surface area (Å²) in [4.78, 5) is 22.1. The van der Waals surface area contributed by atoms with Crippen LogP contribution in [-0.2, 0) is 4.79 Å². The molecule has 0 spiro atoms. The molecule has 0 saturated carbocycles. The molecule has 1 aromatic rings. The van der Waals surface area contributed by atoms with Crippen molar-refractivity contribution < 1.29 is 19.4 Å². The Morgan fingerprint density at radius 1 is 1.30 bits per heavy atom. The second kappa shape index (κ2) is 9.21. The van der Waals surface area contributed by atoms with Gasteiger partial charge in [0.25, 0.3) is 0 Å². The average molecular weight is 389 g/mol. The first-order valence-electron chi connectivity index (χ1n) is 7.03. The summed E-state index contributed by atoms with van der Waals surface area (Å²) in [5, 5.41) is 11.1.